The van der Waals surface area contributed by atoms with Gasteiger partial charge in [-0.1, -0.05) is 0 Å². The summed E-state index contributed by atoms with van der Waals surface area (Å²) in [5.74, 6) is 0.774. The molecule has 100 valence electrons. The summed E-state index contributed by atoms with van der Waals surface area (Å²) < 4.78 is 28.2. The third-order valence-electron chi connectivity index (χ3n) is 4.08. The minimum atomic E-state index is -3.34. The fraction of sp³-hybridized carbons (Fsp3) is 0.667. The molecular weight excluding hydrogens is 334 g/mol. The predicted octanol–water partition coefficient (Wildman–Crippen LogP) is 3.29. The highest BCUT2D eigenvalue weighted by atomic mass is 79.9. The molecule has 0 saturated heterocycles. The molecule has 1 heterocycles. The maximum absolute atomic E-state index is 12.3. The first-order valence-electron chi connectivity index (χ1n) is 6.19. The molecule has 1 N–H and O–H groups in total. The monoisotopic (exact) mass is 349 g/mol. The Balaban J connectivity index is 1.73. The van der Waals surface area contributed by atoms with E-state index in [2.05, 4.69) is 20.7 Å². The molecule has 18 heavy (non-hydrogen) atoms. The Morgan fingerprint density at radius 1 is 1.50 bits per heavy atom. The Morgan fingerprint density at radius 3 is 2.61 bits per heavy atom. The highest BCUT2D eigenvalue weighted by Crippen LogP contribution is 2.60. The first-order chi connectivity index (χ1) is 8.43. The van der Waals surface area contributed by atoms with E-state index >= 15 is 0 Å². The van der Waals surface area contributed by atoms with Crippen molar-refractivity contribution < 1.29 is 8.42 Å². The topological polar surface area (TPSA) is 46.2 Å². The molecule has 0 atom stereocenters. The van der Waals surface area contributed by atoms with Crippen LogP contribution in [0.1, 0.15) is 30.6 Å². The van der Waals surface area contributed by atoms with E-state index in [-0.39, 0.29) is 0 Å². The molecule has 1 aromatic heterocycles. The lowest BCUT2D eigenvalue weighted by molar-refractivity contribution is 0.432. The number of thiophene rings is 1. The summed E-state index contributed by atoms with van der Waals surface area (Å²) in [6.07, 6.45) is 4.94. The van der Waals surface area contributed by atoms with Gasteiger partial charge in [-0.2, -0.15) is 0 Å². The molecule has 0 unspecified atom stereocenters. The van der Waals surface area contributed by atoms with E-state index < -0.39 is 10.0 Å². The van der Waals surface area contributed by atoms with Crippen LogP contribution < -0.4 is 4.72 Å². The summed E-state index contributed by atoms with van der Waals surface area (Å²) >= 11 is 4.80. The number of aryl methyl sites for hydroxylation is 1. The summed E-state index contributed by atoms with van der Waals surface area (Å²) in [5, 5.41) is 0. The van der Waals surface area contributed by atoms with E-state index in [1.807, 2.05) is 6.92 Å². The maximum atomic E-state index is 12.3. The second-order valence-corrected chi connectivity index (χ2v) is 9.80. The van der Waals surface area contributed by atoms with Gasteiger partial charge in [-0.25, -0.2) is 13.1 Å². The molecule has 1 aromatic rings. The van der Waals surface area contributed by atoms with E-state index in [4.69, 9.17) is 0 Å². The van der Waals surface area contributed by atoms with Crippen molar-refractivity contribution in [1.29, 1.82) is 0 Å². The molecule has 6 heteroatoms. The van der Waals surface area contributed by atoms with Gasteiger partial charge in [-0.15, -0.1) is 11.3 Å². The van der Waals surface area contributed by atoms with E-state index in [9.17, 15) is 8.42 Å². The molecule has 2 aliphatic carbocycles. The molecule has 2 saturated carbocycles. The zero-order valence-electron chi connectivity index (χ0n) is 10.2. The first kappa shape index (κ1) is 13.1. The van der Waals surface area contributed by atoms with E-state index in [1.165, 1.54) is 37.0 Å². The van der Waals surface area contributed by atoms with Crippen LogP contribution in [-0.4, -0.2) is 15.0 Å². The molecule has 0 amide bonds. The Bertz CT molecular complexity index is 571. The van der Waals surface area contributed by atoms with Crippen molar-refractivity contribution in [2.24, 2.45) is 11.3 Å². The van der Waals surface area contributed by atoms with Crippen molar-refractivity contribution in [3.63, 3.8) is 0 Å². The standard InChI is InChI=1S/C12H16BrNO2S2/c1-8-10(6-11(13)17-8)18(15,16)14-7-12(4-5-12)9-2-3-9/h6,9,14H,2-5,7H2,1H3. The van der Waals surface area contributed by atoms with Gasteiger partial charge in [0.2, 0.25) is 10.0 Å². The Hall–Kier alpha value is 0.0900. The minimum Gasteiger partial charge on any atom is -0.211 e. The maximum Gasteiger partial charge on any atom is 0.241 e. The third-order valence-corrected chi connectivity index (χ3v) is 7.29. The summed E-state index contributed by atoms with van der Waals surface area (Å²) in [6, 6.07) is 1.69. The first-order valence-corrected chi connectivity index (χ1v) is 9.28. The van der Waals surface area contributed by atoms with Gasteiger partial charge in [-0.05, 0) is 65.9 Å². The second-order valence-electron chi connectivity index (χ2n) is 5.43. The number of halogens is 1. The molecule has 2 aliphatic rings. The van der Waals surface area contributed by atoms with Crippen LogP contribution in [0.2, 0.25) is 0 Å². The fourth-order valence-corrected chi connectivity index (χ4v) is 6.15. The van der Waals surface area contributed by atoms with Crippen LogP contribution in [-0.2, 0) is 10.0 Å². The second kappa shape index (κ2) is 4.30. The zero-order valence-corrected chi connectivity index (χ0v) is 13.4. The minimum absolute atomic E-state index is 0.300. The zero-order chi connectivity index (χ0) is 13.0. The van der Waals surface area contributed by atoms with Crippen LogP contribution >= 0.6 is 27.3 Å². The molecular formula is C12H16BrNO2S2. The highest BCUT2D eigenvalue weighted by Gasteiger charge is 2.53. The molecule has 3 nitrogen and oxygen atoms in total. The van der Waals surface area contributed by atoms with Crippen molar-refractivity contribution in [3.05, 3.63) is 14.7 Å². The quantitative estimate of drug-likeness (QED) is 0.886. The molecule has 0 spiro atoms. The van der Waals surface area contributed by atoms with E-state index in [1.54, 1.807) is 6.07 Å². The number of hydrogen-bond acceptors (Lipinski definition) is 3. The average Bonchev–Trinajstić information content (AvgIpc) is 3.15. The van der Waals surface area contributed by atoms with Gasteiger partial charge in [0.15, 0.2) is 0 Å². The predicted molar refractivity (Wildman–Crippen MR) is 76.3 cm³/mol. The van der Waals surface area contributed by atoms with Crippen molar-refractivity contribution in [2.75, 3.05) is 6.54 Å². The van der Waals surface area contributed by atoms with Crippen molar-refractivity contribution in [1.82, 2.24) is 4.72 Å². The van der Waals surface area contributed by atoms with E-state index in [0.717, 1.165) is 14.6 Å². The van der Waals surface area contributed by atoms with Crippen LogP contribution in [0, 0.1) is 18.3 Å². The van der Waals surface area contributed by atoms with Gasteiger partial charge >= 0.3 is 0 Å². The van der Waals surface area contributed by atoms with Gasteiger partial charge in [0, 0.05) is 11.4 Å². The summed E-state index contributed by atoms with van der Waals surface area (Å²) in [7, 11) is -3.34. The van der Waals surface area contributed by atoms with Gasteiger partial charge in [-0.3, -0.25) is 0 Å². The molecule has 3 rings (SSSR count). The third kappa shape index (κ3) is 2.40. The Morgan fingerprint density at radius 2 is 2.17 bits per heavy atom. The van der Waals surface area contributed by atoms with Crippen LogP contribution in [0.4, 0.5) is 0 Å². The molecule has 2 fully saturated rings. The molecule has 0 bridgehead atoms. The summed E-state index contributed by atoms with van der Waals surface area (Å²) in [6.45, 7) is 2.46. The number of nitrogens with one attached hydrogen (secondary N) is 1. The van der Waals surface area contributed by atoms with Crippen LogP contribution in [0.5, 0.6) is 0 Å². The van der Waals surface area contributed by atoms with Crippen LogP contribution in [0.15, 0.2) is 14.7 Å². The highest BCUT2D eigenvalue weighted by molar-refractivity contribution is 9.11. The normalized spacial score (nSPS) is 22.1. The Kier molecular flexibility index (Phi) is 3.12. The number of rotatable bonds is 5. The number of sulfonamides is 1. The van der Waals surface area contributed by atoms with Gasteiger partial charge in [0.25, 0.3) is 0 Å². The molecule has 0 radical (unpaired) electrons. The van der Waals surface area contributed by atoms with E-state index in [0.29, 0.717) is 16.9 Å². The summed E-state index contributed by atoms with van der Waals surface area (Å²) in [4.78, 5) is 1.26. The fourth-order valence-electron chi connectivity index (χ4n) is 2.60. The van der Waals surface area contributed by atoms with Gasteiger partial charge in [0.1, 0.15) is 0 Å². The average molecular weight is 350 g/mol. The Labute approximate surface area is 120 Å². The lowest BCUT2D eigenvalue weighted by Gasteiger charge is -2.15. The summed E-state index contributed by atoms with van der Waals surface area (Å²) in [5.41, 5.74) is 0.300. The van der Waals surface area contributed by atoms with Crippen LogP contribution in [0.3, 0.4) is 0 Å². The largest absolute Gasteiger partial charge is 0.241 e. The van der Waals surface area contributed by atoms with Gasteiger partial charge < -0.3 is 0 Å². The molecule has 0 aromatic carbocycles. The smallest absolute Gasteiger partial charge is 0.211 e. The lowest BCUT2D eigenvalue weighted by atomic mass is 10.0. The van der Waals surface area contributed by atoms with Crippen LogP contribution in [0.25, 0.3) is 0 Å². The van der Waals surface area contributed by atoms with Crippen molar-refractivity contribution >= 4 is 37.3 Å². The molecule has 0 aliphatic heterocycles. The van der Waals surface area contributed by atoms with Gasteiger partial charge in [0.05, 0.1) is 8.68 Å². The SMILES string of the molecule is Cc1sc(Br)cc1S(=O)(=O)NCC1(C2CC2)CC1. The number of hydrogen-bond donors (Lipinski definition) is 1. The van der Waals surface area contributed by atoms with Crippen molar-refractivity contribution in [2.45, 2.75) is 37.5 Å². The lowest BCUT2D eigenvalue weighted by Crippen LogP contribution is -2.31. The van der Waals surface area contributed by atoms with Crippen molar-refractivity contribution in [3.8, 4) is 0 Å².